The molecule has 1 fully saturated rings. The molecule has 0 saturated carbocycles. The summed E-state index contributed by atoms with van der Waals surface area (Å²) >= 11 is 0. The molecule has 3 aromatic rings. The van der Waals surface area contributed by atoms with Crippen LogP contribution >= 0.6 is 0 Å². The van der Waals surface area contributed by atoms with Gasteiger partial charge in [0, 0.05) is 0 Å². The third-order valence-electron chi connectivity index (χ3n) is 5.42. The van der Waals surface area contributed by atoms with E-state index in [0.29, 0.717) is 12.1 Å². The molecule has 160 valence electrons. The van der Waals surface area contributed by atoms with Gasteiger partial charge in [-0.3, -0.25) is 14.9 Å². The van der Waals surface area contributed by atoms with E-state index in [1.54, 1.807) is 18.2 Å². The lowest BCUT2D eigenvalue weighted by Gasteiger charge is -2.26. The van der Waals surface area contributed by atoms with Crippen molar-refractivity contribution < 1.29 is 14.4 Å². The van der Waals surface area contributed by atoms with Crippen LogP contribution in [0.25, 0.3) is 6.08 Å². The normalized spacial score (nSPS) is 15.3. The van der Waals surface area contributed by atoms with Gasteiger partial charge in [0.15, 0.2) is 0 Å². The highest BCUT2D eigenvalue weighted by Gasteiger charge is 2.36. The molecular weight excluding hydrogens is 400 g/mol. The summed E-state index contributed by atoms with van der Waals surface area (Å²) in [6.07, 6.45) is 2.24. The van der Waals surface area contributed by atoms with Crippen LogP contribution in [0.2, 0.25) is 0 Å². The molecule has 3 aromatic carbocycles. The molecule has 1 aliphatic heterocycles. The van der Waals surface area contributed by atoms with Crippen molar-refractivity contribution in [3.05, 3.63) is 106 Å². The third kappa shape index (κ3) is 4.37. The molecule has 5 heteroatoms. The Labute approximate surface area is 187 Å². The highest BCUT2D eigenvalue weighted by atomic mass is 16.2. The highest BCUT2D eigenvalue weighted by Crippen LogP contribution is 2.24. The van der Waals surface area contributed by atoms with E-state index in [0.717, 1.165) is 27.2 Å². The molecule has 0 unspecified atom stereocenters. The fraction of sp³-hybridized carbons (Fsp3) is 0.148. The largest absolute Gasteiger partial charge is 0.335 e. The van der Waals surface area contributed by atoms with Crippen molar-refractivity contribution in [2.24, 2.45) is 0 Å². The first-order chi connectivity index (χ1) is 15.3. The number of anilines is 1. The van der Waals surface area contributed by atoms with Crippen molar-refractivity contribution in [1.82, 2.24) is 5.32 Å². The average molecular weight is 425 g/mol. The number of hydrogen-bond donors (Lipinski definition) is 1. The monoisotopic (exact) mass is 424 g/mol. The summed E-state index contributed by atoms with van der Waals surface area (Å²) in [5.41, 5.74) is 6.63. The van der Waals surface area contributed by atoms with Gasteiger partial charge in [0.1, 0.15) is 5.57 Å². The number of barbiturate groups is 1. The molecule has 0 atom stereocenters. The fourth-order valence-electron chi connectivity index (χ4n) is 3.97. The summed E-state index contributed by atoms with van der Waals surface area (Å²) < 4.78 is 0. The van der Waals surface area contributed by atoms with E-state index in [9.17, 15) is 14.4 Å². The first-order valence-electron chi connectivity index (χ1n) is 10.4. The Hall–Kier alpha value is -3.99. The summed E-state index contributed by atoms with van der Waals surface area (Å²) in [7, 11) is 0. The summed E-state index contributed by atoms with van der Waals surface area (Å²) in [4.78, 5) is 39.1. The Morgan fingerprint density at radius 3 is 2.16 bits per heavy atom. The maximum atomic E-state index is 13.2. The molecule has 0 aromatic heterocycles. The first kappa shape index (κ1) is 21.2. The van der Waals surface area contributed by atoms with Gasteiger partial charge >= 0.3 is 6.03 Å². The Kier molecular flexibility index (Phi) is 5.73. The maximum absolute atomic E-state index is 13.2. The number of nitrogens with one attached hydrogen (secondary N) is 1. The van der Waals surface area contributed by atoms with Crippen LogP contribution in [0.5, 0.6) is 0 Å². The van der Waals surface area contributed by atoms with E-state index >= 15 is 0 Å². The molecule has 1 N–H and O–H groups in total. The SMILES string of the molecule is Cc1ccc(N2C(=O)NC(=O)/C(=C\c3ccccc3Cc3cc(C)cc(C)c3)C2=O)cc1. The molecule has 0 aliphatic carbocycles. The van der Waals surface area contributed by atoms with E-state index in [-0.39, 0.29) is 5.57 Å². The van der Waals surface area contributed by atoms with Gasteiger partial charge in [-0.2, -0.15) is 0 Å². The lowest BCUT2D eigenvalue weighted by atomic mass is 9.95. The van der Waals surface area contributed by atoms with Crippen LogP contribution in [-0.4, -0.2) is 17.8 Å². The molecule has 1 heterocycles. The lowest BCUT2D eigenvalue weighted by Crippen LogP contribution is -2.54. The van der Waals surface area contributed by atoms with Crippen LogP contribution in [0.1, 0.15) is 33.4 Å². The average Bonchev–Trinajstić information content (AvgIpc) is 2.73. The van der Waals surface area contributed by atoms with Crippen molar-refractivity contribution in [2.45, 2.75) is 27.2 Å². The smallest absolute Gasteiger partial charge is 0.273 e. The van der Waals surface area contributed by atoms with Crippen molar-refractivity contribution in [3.63, 3.8) is 0 Å². The molecule has 0 radical (unpaired) electrons. The number of nitrogens with zero attached hydrogens (tertiary/aromatic N) is 1. The van der Waals surface area contributed by atoms with Crippen LogP contribution in [-0.2, 0) is 16.0 Å². The number of imide groups is 2. The predicted molar refractivity (Wildman–Crippen MR) is 125 cm³/mol. The van der Waals surface area contributed by atoms with E-state index in [1.807, 2.05) is 43.3 Å². The summed E-state index contributed by atoms with van der Waals surface area (Å²) in [6.45, 7) is 6.04. The Morgan fingerprint density at radius 2 is 1.47 bits per heavy atom. The number of carbonyl (C=O) groups is 3. The topological polar surface area (TPSA) is 66.5 Å². The van der Waals surface area contributed by atoms with Gasteiger partial charge in [-0.1, -0.05) is 71.3 Å². The summed E-state index contributed by atoms with van der Waals surface area (Å²) in [5, 5.41) is 2.29. The van der Waals surface area contributed by atoms with Crippen LogP contribution in [0.15, 0.2) is 72.3 Å². The number of carbonyl (C=O) groups excluding carboxylic acids is 3. The molecule has 1 saturated heterocycles. The molecule has 1 aliphatic rings. The number of amides is 4. The standard InChI is InChI=1S/C27H24N2O3/c1-17-8-10-23(11-9-17)29-26(31)24(25(30)28-27(29)32)16-22-7-5-4-6-21(22)15-20-13-18(2)12-19(3)14-20/h4-14,16H,15H2,1-3H3,(H,28,30,32)/b24-16+. The summed E-state index contributed by atoms with van der Waals surface area (Å²) in [5.74, 6) is -1.33. The van der Waals surface area contributed by atoms with Crippen LogP contribution in [0.4, 0.5) is 10.5 Å². The molecule has 32 heavy (non-hydrogen) atoms. The predicted octanol–water partition coefficient (Wildman–Crippen LogP) is 4.87. The second kappa shape index (κ2) is 8.63. The highest BCUT2D eigenvalue weighted by molar-refractivity contribution is 6.39. The van der Waals surface area contributed by atoms with Crippen molar-refractivity contribution in [3.8, 4) is 0 Å². The zero-order valence-electron chi connectivity index (χ0n) is 18.3. The lowest BCUT2D eigenvalue weighted by molar-refractivity contribution is -0.122. The Morgan fingerprint density at radius 1 is 0.812 bits per heavy atom. The van der Waals surface area contributed by atoms with E-state index < -0.39 is 17.8 Å². The minimum Gasteiger partial charge on any atom is -0.273 e. The van der Waals surface area contributed by atoms with Gasteiger partial charge in [-0.05, 0) is 62.1 Å². The van der Waals surface area contributed by atoms with E-state index in [1.165, 1.54) is 11.1 Å². The third-order valence-corrected chi connectivity index (χ3v) is 5.42. The molecule has 4 amide bonds. The maximum Gasteiger partial charge on any atom is 0.335 e. The van der Waals surface area contributed by atoms with Gasteiger partial charge in [0.05, 0.1) is 5.69 Å². The van der Waals surface area contributed by atoms with E-state index in [2.05, 4.69) is 37.4 Å². The van der Waals surface area contributed by atoms with Gasteiger partial charge in [-0.15, -0.1) is 0 Å². The Bertz CT molecular complexity index is 1240. The van der Waals surface area contributed by atoms with Crippen LogP contribution in [0.3, 0.4) is 0 Å². The first-order valence-corrected chi connectivity index (χ1v) is 10.4. The van der Waals surface area contributed by atoms with Crippen LogP contribution in [0, 0.1) is 20.8 Å². The van der Waals surface area contributed by atoms with Gasteiger partial charge in [0.2, 0.25) is 0 Å². The molecule has 0 bridgehead atoms. The molecule has 5 nitrogen and oxygen atoms in total. The number of urea groups is 1. The van der Waals surface area contributed by atoms with Crippen molar-refractivity contribution in [1.29, 1.82) is 0 Å². The second-order valence-corrected chi connectivity index (χ2v) is 8.16. The zero-order valence-corrected chi connectivity index (χ0v) is 18.3. The number of hydrogen-bond acceptors (Lipinski definition) is 3. The van der Waals surface area contributed by atoms with Crippen molar-refractivity contribution >= 4 is 29.6 Å². The van der Waals surface area contributed by atoms with Gasteiger partial charge in [-0.25, -0.2) is 9.69 Å². The molecule has 4 rings (SSSR count). The molecule has 0 spiro atoms. The minimum atomic E-state index is -0.746. The molecular formula is C27H24N2O3. The summed E-state index contributed by atoms with van der Waals surface area (Å²) in [6, 6.07) is 20.3. The number of aryl methyl sites for hydroxylation is 3. The minimum absolute atomic E-state index is 0.0713. The van der Waals surface area contributed by atoms with Gasteiger partial charge < -0.3 is 0 Å². The number of benzene rings is 3. The van der Waals surface area contributed by atoms with Gasteiger partial charge in [0.25, 0.3) is 11.8 Å². The quantitative estimate of drug-likeness (QED) is 0.480. The number of rotatable bonds is 4. The fourth-order valence-corrected chi connectivity index (χ4v) is 3.97. The second-order valence-electron chi connectivity index (χ2n) is 8.16. The Balaban J connectivity index is 1.71. The van der Waals surface area contributed by atoms with E-state index in [4.69, 9.17) is 0 Å². The van der Waals surface area contributed by atoms with Crippen molar-refractivity contribution in [2.75, 3.05) is 4.90 Å². The van der Waals surface area contributed by atoms with Crippen LogP contribution < -0.4 is 10.2 Å². The zero-order chi connectivity index (χ0) is 22.8.